The predicted octanol–water partition coefficient (Wildman–Crippen LogP) is 2.56. The highest BCUT2D eigenvalue weighted by Crippen LogP contribution is 2.18. The number of thiazole rings is 1. The van der Waals surface area contributed by atoms with Crippen molar-refractivity contribution in [2.75, 3.05) is 13.1 Å². The lowest BCUT2D eigenvalue weighted by Crippen LogP contribution is -2.47. The molecule has 0 unspecified atom stereocenters. The maximum Gasteiger partial charge on any atom is 0.410 e. The van der Waals surface area contributed by atoms with E-state index in [1.807, 2.05) is 20.8 Å². The standard InChI is InChI=1S/C14H21N3O3S2/c1-14(2,3)20-13(19)17-6-4-9(5-7-17)16-11(18)12-15-8-10(21)22-12/h8-9,21H,4-7H2,1-3H3,(H,16,18). The van der Waals surface area contributed by atoms with E-state index in [-0.39, 0.29) is 18.0 Å². The number of nitrogens with one attached hydrogen (secondary N) is 1. The van der Waals surface area contributed by atoms with Crippen LogP contribution in [0.2, 0.25) is 0 Å². The van der Waals surface area contributed by atoms with Crippen LogP contribution in [0.25, 0.3) is 0 Å². The minimum atomic E-state index is -0.489. The molecule has 1 aromatic heterocycles. The van der Waals surface area contributed by atoms with Crippen LogP contribution in [0.3, 0.4) is 0 Å². The van der Waals surface area contributed by atoms with Gasteiger partial charge >= 0.3 is 6.09 Å². The molecule has 8 heteroatoms. The number of carbonyl (C=O) groups is 2. The van der Waals surface area contributed by atoms with E-state index in [2.05, 4.69) is 22.9 Å². The Labute approximate surface area is 139 Å². The van der Waals surface area contributed by atoms with E-state index in [1.54, 1.807) is 11.1 Å². The average Bonchev–Trinajstić information content (AvgIpc) is 2.84. The smallest absolute Gasteiger partial charge is 0.410 e. The van der Waals surface area contributed by atoms with Crippen LogP contribution in [0.15, 0.2) is 10.4 Å². The minimum absolute atomic E-state index is 0.0541. The van der Waals surface area contributed by atoms with Crippen molar-refractivity contribution in [3.63, 3.8) is 0 Å². The maximum atomic E-state index is 12.0. The number of piperidine rings is 1. The number of likely N-dealkylation sites (tertiary alicyclic amines) is 1. The molecule has 1 aromatic rings. The van der Waals surface area contributed by atoms with E-state index in [0.29, 0.717) is 35.1 Å². The van der Waals surface area contributed by atoms with Crippen molar-refractivity contribution in [3.05, 3.63) is 11.2 Å². The molecule has 1 aliphatic heterocycles. The fraction of sp³-hybridized carbons (Fsp3) is 0.643. The van der Waals surface area contributed by atoms with Gasteiger partial charge in [-0.2, -0.15) is 0 Å². The van der Waals surface area contributed by atoms with E-state index in [9.17, 15) is 9.59 Å². The van der Waals surface area contributed by atoms with Crippen LogP contribution in [0.4, 0.5) is 4.79 Å². The van der Waals surface area contributed by atoms with Gasteiger partial charge in [-0.1, -0.05) is 0 Å². The molecule has 0 atom stereocenters. The fourth-order valence-electron chi connectivity index (χ4n) is 2.15. The molecule has 122 valence electrons. The van der Waals surface area contributed by atoms with Crippen molar-refractivity contribution in [2.24, 2.45) is 0 Å². The highest BCUT2D eigenvalue weighted by atomic mass is 32.2. The predicted molar refractivity (Wildman–Crippen MR) is 87.7 cm³/mol. The van der Waals surface area contributed by atoms with Crippen molar-refractivity contribution in [3.8, 4) is 0 Å². The summed E-state index contributed by atoms with van der Waals surface area (Å²) >= 11 is 5.40. The number of nitrogens with zero attached hydrogens (tertiary/aromatic N) is 2. The number of ether oxygens (including phenoxy) is 1. The van der Waals surface area contributed by atoms with Crippen LogP contribution in [-0.2, 0) is 4.74 Å². The summed E-state index contributed by atoms with van der Waals surface area (Å²) in [5, 5.41) is 3.37. The lowest BCUT2D eigenvalue weighted by atomic mass is 10.1. The second-order valence-corrected chi connectivity index (χ2v) is 8.03. The Balaban J connectivity index is 1.80. The van der Waals surface area contributed by atoms with Crippen LogP contribution >= 0.6 is 24.0 Å². The summed E-state index contributed by atoms with van der Waals surface area (Å²) in [7, 11) is 0. The molecule has 2 heterocycles. The fourth-order valence-corrected chi connectivity index (χ4v) is 3.03. The molecule has 0 bridgehead atoms. The Bertz CT molecular complexity index is 546. The molecule has 2 rings (SSSR count). The van der Waals surface area contributed by atoms with Crippen molar-refractivity contribution >= 4 is 36.0 Å². The van der Waals surface area contributed by atoms with Gasteiger partial charge < -0.3 is 15.0 Å². The molecular weight excluding hydrogens is 322 g/mol. The summed E-state index contributed by atoms with van der Waals surface area (Å²) in [5.41, 5.74) is -0.489. The molecule has 1 saturated heterocycles. The summed E-state index contributed by atoms with van der Waals surface area (Å²) < 4.78 is 6.06. The Morgan fingerprint density at radius 3 is 2.55 bits per heavy atom. The van der Waals surface area contributed by atoms with Crippen LogP contribution < -0.4 is 5.32 Å². The largest absolute Gasteiger partial charge is 0.444 e. The van der Waals surface area contributed by atoms with E-state index in [0.717, 1.165) is 0 Å². The number of amides is 2. The van der Waals surface area contributed by atoms with Crippen LogP contribution in [-0.4, -0.2) is 46.6 Å². The molecule has 1 aliphatic rings. The quantitative estimate of drug-likeness (QED) is 0.810. The number of rotatable bonds is 2. The third-order valence-corrected chi connectivity index (χ3v) is 4.36. The van der Waals surface area contributed by atoms with Gasteiger partial charge in [0.2, 0.25) is 0 Å². The monoisotopic (exact) mass is 343 g/mol. The molecule has 1 fully saturated rings. The van der Waals surface area contributed by atoms with Crippen LogP contribution in [0.5, 0.6) is 0 Å². The summed E-state index contributed by atoms with van der Waals surface area (Å²) in [5.74, 6) is -0.180. The number of carbonyl (C=O) groups excluding carboxylic acids is 2. The molecular formula is C14H21N3O3S2. The van der Waals surface area contributed by atoms with Crippen molar-refractivity contribution in [1.82, 2.24) is 15.2 Å². The number of hydrogen-bond donors (Lipinski definition) is 2. The number of hydrogen-bond acceptors (Lipinski definition) is 6. The highest BCUT2D eigenvalue weighted by molar-refractivity contribution is 7.82. The molecule has 6 nitrogen and oxygen atoms in total. The topological polar surface area (TPSA) is 71.5 Å². The first-order chi connectivity index (χ1) is 10.2. The number of thiol groups is 1. The van der Waals surface area contributed by atoms with Gasteiger partial charge in [0.1, 0.15) is 5.60 Å². The zero-order valence-corrected chi connectivity index (χ0v) is 14.7. The van der Waals surface area contributed by atoms with E-state index in [1.165, 1.54) is 11.3 Å². The van der Waals surface area contributed by atoms with Gasteiger partial charge in [0, 0.05) is 19.1 Å². The van der Waals surface area contributed by atoms with Gasteiger partial charge in [0.05, 0.1) is 10.4 Å². The van der Waals surface area contributed by atoms with Gasteiger partial charge in [0.25, 0.3) is 5.91 Å². The Kier molecular flexibility index (Phi) is 5.33. The van der Waals surface area contributed by atoms with E-state index in [4.69, 9.17) is 4.74 Å². The second-order valence-electron chi connectivity index (χ2n) is 6.22. The van der Waals surface area contributed by atoms with Gasteiger partial charge in [0.15, 0.2) is 5.01 Å². The van der Waals surface area contributed by atoms with Gasteiger partial charge in [-0.3, -0.25) is 4.79 Å². The molecule has 0 radical (unpaired) electrons. The Morgan fingerprint density at radius 1 is 1.41 bits per heavy atom. The summed E-state index contributed by atoms with van der Waals surface area (Å²) in [6.45, 7) is 6.70. The average molecular weight is 343 g/mol. The molecule has 0 aliphatic carbocycles. The highest BCUT2D eigenvalue weighted by Gasteiger charge is 2.27. The van der Waals surface area contributed by atoms with E-state index >= 15 is 0 Å². The first-order valence-corrected chi connectivity index (χ1v) is 8.44. The summed E-state index contributed by atoms with van der Waals surface area (Å²) in [4.78, 5) is 29.7. The molecule has 0 aromatic carbocycles. The SMILES string of the molecule is CC(C)(C)OC(=O)N1CCC(NC(=O)c2ncc(S)s2)CC1. The van der Waals surface area contributed by atoms with Crippen molar-refractivity contribution in [1.29, 1.82) is 0 Å². The van der Waals surface area contributed by atoms with Gasteiger partial charge in [-0.25, -0.2) is 9.78 Å². The van der Waals surface area contributed by atoms with Crippen LogP contribution in [0.1, 0.15) is 43.4 Å². The Morgan fingerprint density at radius 2 is 2.05 bits per heavy atom. The maximum absolute atomic E-state index is 12.0. The van der Waals surface area contributed by atoms with Crippen molar-refractivity contribution in [2.45, 2.75) is 49.5 Å². The third-order valence-electron chi connectivity index (χ3n) is 3.17. The van der Waals surface area contributed by atoms with E-state index < -0.39 is 5.60 Å². The van der Waals surface area contributed by atoms with Gasteiger partial charge in [-0.05, 0) is 33.6 Å². The minimum Gasteiger partial charge on any atom is -0.444 e. The molecule has 22 heavy (non-hydrogen) atoms. The van der Waals surface area contributed by atoms with Gasteiger partial charge in [-0.15, -0.1) is 24.0 Å². The second kappa shape index (κ2) is 6.87. The van der Waals surface area contributed by atoms with Crippen LogP contribution in [0, 0.1) is 0 Å². The molecule has 0 saturated carbocycles. The van der Waals surface area contributed by atoms with Crippen molar-refractivity contribution < 1.29 is 14.3 Å². The number of aromatic nitrogens is 1. The zero-order chi connectivity index (χ0) is 16.3. The Hall–Kier alpha value is -1.28. The summed E-state index contributed by atoms with van der Waals surface area (Å²) in [6, 6.07) is 0.0541. The molecule has 0 spiro atoms. The first kappa shape index (κ1) is 17.1. The summed E-state index contributed by atoms with van der Waals surface area (Å²) in [6.07, 6.45) is 2.69. The zero-order valence-electron chi connectivity index (χ0n) is 13.0. The third kappa shape index (κ3) is 4.88. The lowest BCUT2D eigenvalue weighted by Gasteiger charge is -2.33. The normalized spacial score (nSPS) is 16.5. The molecule has 2 amide bonds. The molecule has 1 N–H and O–H groups in total. The lowest BCUT2D eigenvalue weighted by molar-refractivity contribution is 0.0199. The first-order valence-electron chi connectivity index (χ1n) is 7.18.